The molecule has 0 radical (unpaired) electrons. The van der Waals surface area contributed by atoms with Crippen LogP contribution in [0.25, 0.3) is 61.0 Å². The molecule has 3 aromatic heterocycles. The van der Waals surface area contributed by atoms with Crippen molar-refractivity contribution in [2.24, 2.45) is 0 Å². The molecule has 1 atom stereocenters. The Morgan fingerprint density at radius 3 is 1.56 bits per heavy atom. The van der Waals surface area contributed by atoms with Crippen molar-refractivity contribution in [3.05, 3.63) is 218 Å². The van der Waals surface area contributed by atoms with Crippen molar-refractivity contribution in [1.82, 2.24) is 18.5 Å². The highest BCUT2D eigenvalue weighted by Crippen LogP contribution is 2.38. The monoisotopic (exact) mass is 906 g/mol. The van der Waals surface area contributed by atoms with E-state index in [1.54, 1.807) is 0 Å². The van der Waals surface area contributed by atoms with Crippen molar-refractivity contribution < 1.29 is 9.47 Å². The summed E-state index contributed by atoms with van der Waals surface area (Å²) in [6.45, 7) is 0.0541. The van der Waals surface area contributed by atoms with Gasteiger partial charge in [0.2, 0.25) is 5.78 Å². The third-order valence-electron chi connectivity index (χ3n) is 16.1. The average molecular weight is 907 g/mol. The third kappa shape index (κ3) is 4.46. The molecule has 0 bridgehead atoms. The molecule has 0 amide bonds. The number of imidazole rings is 2. The lowest BCUT2D eigenvalue weighted by atomic mass is 9.35. The lowest BCUT2D eigenvalue weighted by molar-refractivity contribution is 0.487. The zero-order chi connectivity index (χ0) is 45.4. The first-order chi connectivity index (χ1) is 34.8. The smallest absolute Gasteiger partial charge is 0.250 e. The Balaban J connectivity index is 0.878. The molecule has 322 valence electrons. The molecule has 7 heterocycles. The van der Waals surface area contributed by atoms with E-state index >= 15 is 0 Å². The largest absolute Gasteiger partial charge is 0.458 e. The van der Waals surface area contributed by atoms with Gasteiger partial charge < -0.3 is 14.0 Å². The van der Waals surface area contributed by atoms with Gasteiger partial charge in [-0.1, -0.05) is 163 Å². The topological polar surface area (TPSA) is 45.6 Å². The minimum atomic E-state index is -2.97. The maximum Gasteiger partial charge on any atom is 0.250 e. The van der Waals surface area contributed by atoms with E-state index in [2.05, 4.69) is 232 Å². The van der Waals surface area contributed by atoms with Crippen LogP contribution in [0, 0.1) is 0 Å². The van der Waals surface area contributed by atoms with E-state index in [1.165, 1.54) is 64.3 Å². The molecule has 0 saturated heterocycles. The van der Waals surface area contributed by atoms with E-state index in [4.69, 9.17) is 14.5 Å². The Hall–Kier alpha value is -8.78. The predicted octanol–water partition coefficient (Wildman–Crippen LogP) is 6.78. The van der Waals surface area contributed by atoms with Gasteiger partial charge in [-0.05, 0) is 103 Å². The normalized spacial score (nSPS) is 15.7. The molecular formula is C61H36B2N4O2Si. The zero-order valence-electron chi connectivity index (χ0n) is 37.5. The fourth-order valence-electron chi connectivity index (χ4n) is 13.6. The van der Waals surface area contributed by atoms with E-state index in [-0.39, 0.29) is 13.4 Å². The van der Waals surface area contributed by atoms with E-state index in [1.807, 2.05) is 0 Å². The van der Waals surface area contributed by atoms with Gasteiger partial charge in [-0.2, -0.15) is 0 Å². The van der Waals surface area contributed by atoms with Gasteiger partial charge in [-0.25, -0.2) is 4.98 Å². The summed E-state index contributed by atoms with van der Waals surface area (Å²) in [6.07, 6.45) is 0. The number of nitrogens with zero attached hydrogens (tertiary/aromatic N) is 4. The molecule has 0 saturated carbocycles. The quantitative estimate of drug-likeness (QED) is 0.180. The fraction of sp³-hybridized carbons (Fsp3) is 0. The van der Waals surface area contributed by atoms with Gasteiger partial charge in [0.1, 0.15) is 28.5 Å². The van der Waals surface area contributed by atoms with Crippen molar-refractivity contribution in [3.8, 4) is 34.4 Å². The van der Waals surface area contributed by atoms with Crippen LogP contribution in [-0.2, 0) is 0 Å². The molecule has 17 rings (SSSR count). The van der Waals surface area contributed by atoms with Crippen LogP contribution in [0.5, 0.6) is 23.0 Å². The lowest BCUT2D eigenvalue weighted by Crippen LogP contribution is -2.93. The first-order valence-corrected chi connectivity index (χ1v) is 26.2. The van der Waals surface area contributed by atoms with Gasteiger partial charge in [-0.3, -0.25) is 8.97 Å². The number of fused-ring (bicyclic) bond motifs is 20. The molecule has 9 heteroatoms. The number of ether oxygens (including phenoxy) is 2. The Morgan fingerprint density at radius 1 is 0.371 bits per heavy atom. The van der Waals surface area contributed by atoms with Crippen LogP contribution in [-0.4, -0.2) is 40.0 Å². The van der Waals surface area contributed by atoms with Crippen molar-refractivity contribution in [2.45, 2.75) is 0 Å². The second-order valence-corrected chi connectivity index (χ2v) is 22.9. The summed E-state index contributed by atoms with van der Waals surface area (Å²) in [6, 6.07) is 80.3. The van der Waals surface area contributed by atoms with Crippen molar-refractivity contribution in [1.29, 1.82) is 0 Å². The average Bonchev–Trinajstić information content (AvgIpc) is 4.07. The second-order valence-electron chi connectivity index (χ2n) is 19.3. The lowest BCUT2D eigenvalue weighted by Gasteiger charge is -2.49. The second kappa shape index (κ2) is 13.3. The molecule has 13 aromatic rings. The van der Waals surface area contributed by atoms with E-state index in [0.29, 0.717) is 0 Å². The Morgan fingerprint density at radius 2 is 0.871 bits per heavy atom. The van der Waals surface area contributed by atoms with Crippen LogP contribution in [0.3, 0.4) is 0 Å². The highest BCUT2D eigenvalue weighted by Gasteiger charge is 2.58. The number of para-hydroxylation sites is 6. The minimum absolute atomic E-state index is 0.0241. The molecule has 70 heavy (non-hydrogen) atoms. The van der Waals surface area contributed by atoms with Crippen LogP contribution >= 0.6 is 0 Å². The van der Waals surface area contributed by atoms with Crippen molar-refractivity contribution >= 4 is 125 Å². The summed E-state index contributed by atoms with van der Waals surface area (Å²) in [7, 11) is -2.97. The molecule has 0 fully saturated rings. The standard InChI is InChI=1S/C61H36B2N4O2Si/c1-6-21-44-38(16-1)39-17-2-7-22-45(39)66(44)48-25-13-26-49-60(48)64-61-65(46-23-8-9-24-47(46)67(49)61)37-34-35-41-53(36-37)69-52-29-15-33-57-59(52)63(41)43-20-5-12-31-55(43)70(57)54-30-11-4-19-42(54)62-40-18-3-10-27-50(40)68-51-28-14-32-56(70)58(51)62/h1-36H. The molecule has 4 aliphatic rings. The summed E-state index contributed by atoms with van der Waals surface area (Å²) in [4.78, 5) is 5.61. The Kier molecular flexibility index (Phi) is 7.05. The molecule has 1 unspecified atom stereocenters. The molecule has 6 nitrogen and oxygen atoms in total. The van der Waals surface area contributed by atoms with Crippen LogP contribution in [0.15, 0.2) is 218 Å². The first kappa shape index (κ1) is 37.2. The molecule has 10 aromatic carbocycles. The molecule has 4 aliphatic heterocycles. The van der Waals surface area contributed by atoms with Gasteiger partial charge in [-0.15, -0.1) is 0 Å². The first-order valence-electron chi connectivity index (χ1n) is 24.2. The van der Waals surface area contributed by atoms with Crippen molar-refractivity contribution in [3.63, 3.8) is 0 Å². The Labute approximate surface area is 403 Å². The third-order valence-corrected chi connectivity index (χ3v) is 21.2. The molecule has 0 N–H and O–H groups in total. The zero-order valence-corrected chi connectivity index (χ0v) is 38.5. The molecular weight excluding hydrogens is 870 g/mol. The Bertz CT molecular complexity index is 4440. The maximum absolute atomic E-state index is 7.30. The number of rotatable bonds is 2. The highest BCUT2D eigenvalue weighted by atomic mass is 28.3. The van der Waals surface area contributed by atoms with Gasteiger partial charge in [0.15, 0.2) is 8.07 Å². The minimum Gasteiger partial charge on any atom is -0.458 e. The SMILES string of the molecule is c1ccc2c(c1)Oc1cccc3c1B2c1ccccc1[Si]31c2ccccc2B2c3ccc(-n4c5ccccc5n5c6cccc(-n7c8ccccc8c8ccccc87)c6nc45)cc3Oc3cccc1c32. The summed E-state index contributed by atoms with van der Waals surface area (Å²) < 4.78 is 21.1. The van der Waals surface area contributed by atoms with Crippen LogP contribution < -0.4 is 63.0 Å². The molecule has 0 aliphatic carbocycles. The van der Waals surface area contributed by atoms with Gasteiger partial charge in [0, 0.05) is 16.8 Å². The van der Waals surface area contributed by atoms with Crippen LogP contribution in [0.1, 0.15) is 0 Å². The number of hydrogen-bond acceptors (Lipinski definition) is 3. The summed E-state index contributed by atoms with van der Waals surface area (Å²) in [5, 5.41) is 8.13. The number of aromatic nitrogens is 4. The number of hydrogen-bond donors (Lipinski definition) is 0. The summed E-state index contributed by atoms with van der Waals surface area (Å²) in [5.74, 6) is 4.54. The maximum atomic E-state index is 7.30. The van der Waals surface area contributed by atoms with Gasteiger partial charge >= 0.3 is 0 Å². The predicted molar refractivity (Wildman–Crippen MR) is 290 cm³/mol. The van der Waals surface area contributed by atoms with Gasteiger partial charge in [0.05, 0.1) is 39.0 Å². The molecule has 1 spiro atoms. The highest BCUT2D eigenvalue weighted by molar-refractivity contribution is 7.31. The fourth-order valence-corrected chi connectivity index (χ4v) is 19.4. The summed E-state index contributed by atoms with van der Waals surface area (Å²) >= 11 is 0. The van der Waals surface area contributed by atoms with Crippen molar-refractivity contribution in [2.75, 3.05) is 0 Å². The van der Waals surface area contributed by atoms with E-state index < -0.39 is 8.07 Å². The number of benzene rings is 10. The summed E-state index contributed by atoms with van der Waals surface area (Å²) in [5.41, 5.74) is 16.2. The van der Waals surface area contributed by atoms with Crippen LogP contribution in [0.2, 0.25) is 0 Å². The van der Waals surface area contributed by atoms with E-state index in [0.717, 1.165) is 73.3 Å². The van der Waals surface area contributed by atoms with Crippen LogP contribution in [0.4, 0.5) is 0 Å². The van der Waals surface area contributed by atoms with E-state index in [9.17, 15) is 0 Å². The van der Waals surface area contributed by atoms with Gasteiger partial charge in [0.25, 0.3) is 13.4 Å².